The molecule has 0 aliphatic heterocycles. The molecule has 184 valence electrons. The van der Waals surface area contributed by atoms with Gasteiger partial charge in [-0.1, -0.05) is 53.0 Å². The lowest BCUT2D eigenvalue weighted by Crippen LogP contribution is -2.60. The molecule has 4 heteroatoms. The topological polar surface area (TPSA) is 60.4 Å². The minimum Gasteiger partial charge on any atom is -0.450 e. The molecule has 0 heterocycles. The summed E-state index contributed by atoms with van der Waals surface area (Å²) in [5.74, 6) is 1.97. The third-order valence-electron chi connectivity index (χ3n) is 10.6. The second-order valence-corrected chi connectivity index (χ2v) is 12.3. The fourth-order valence-corrected chi connectivity index (χ4v) is 9.10. The van der Waals surface area contributed by atoms with Crippen LogP contribution in [0.1, 0.15) is 106 Å². The van der Waals surface area contributed by atoms with Crippen LogP contribution in [0.15, 0.2) is 11.6 Å². The zero-order valence-electron chi connectivity index (χ0n) is 21.7. The summed E-state index contributed by atoms with van der Waals surface area (Å²) in [7, 11) is 0. The molecule has 4 aliphatic rings. The van der Waals surface area contributed by atoms with Crippen LogP contribution in [0.25, 0.3) is 0 Å². The summed E-state index contributed by atoms with van der Waals surface area (Å²) in [5, 5.41) is 0. The summed E-state index contributed by atoms with van der Waals surface area (Å²) >= 11 is 0. The number of carbonyl (C=O) groups is 3. The largest absolute Gasteiger partial charge is 0.450 e. The van der Waals surface area contributed by atoms with Crippen molar-refractivity contribution < 1.29 is 19.1 Å². The first-order chi connectivity index (χ1) is 15.5. The highest BCUT2D eigenvalue weighted by molar-refractivity contribution is 5.92. The first-order valence-corrected chi connectivity index (χ1v) is 13.5. The lowest BCUT2D eigenvalue weighted by molar-refractivity contribution is -0.195. The van der Waals surface area contributed by atoms with Gasteiger partial charge in [0.1, 0.15) is 0 Å². The molecule has 0 N–H and O–H groups in total. The molecule has 4 rings (SSSR count). The molecule has 33 heavy (non-hydrogen) atoms. The number of Topliss-reactive ketones (excluding diaryl/α,β-unsaturated/α-hetero) is 1. The number of hydrogen-bond donors (Lipinski definition) is 0. The maximum absolute atomic E-state index is 13.3. The minimum absolute atomic E-state index is 0.0289. The number of carbonyl (C=O) groups excluding carboxylic acids is 3. The highest BCUT2D eigenvalue weighted by Gasteiger charge is 2.70. The Bertz CT molecular complexity index is 858. The highest BCUT2D eigenvalue weighted by atomic mass is 16.6. The third kappa shape index (κ3) is 3.57. The first kappa shape index (κ1) is 24.7. The second-order valence-electron chi connectivity index (χ2n) is 12.3. The van der Waals surface area contributed by atoms with Crippen molar-refractivity contribution in [1.82, 2.24) is 0 Å². The molecule has 3 fully saturated rings. The molecule has 4 aliphatic carbocycles. The van der Waals surface area contributed by atoms with Crippen molar-refractivity contribution >= 4 is 17.5 Å². The predicted octanol–water partition coefficient (Wildman–Crippen LogP) is 6.46. The summed E-state index contributed by atoms with van der Waals surface area (Å²) in [6.45, 7) is 12.8. The van der Waals surface area contributed by atoms with Crippen molar-refractivity contribution in [2.45, 2.75) is 111 Å². The van der Waals surface area contributed by atoms with E-state index in [2.05, 4.69) is 34.6 Å². The van der Waals surface area contributed by atoms with E-state index in [-0.39, 0.29) is 34.3 Å². The van der Waals surface area contributed by atoms with Gasteiger partial charge in [0.25, 0.3) is 0 Å². The van der Waals surface area contributed by atoms with Crippen LogP contribution in [0.3, 0.4) is 0 Å². The number of ketones is 2. The van der Waals surface area contributed by atoms with Gasteiger partial charge in [-0.15, -0.1) is 0 Å². The lowest BCUT2D eigenvalue weighted by Gasteiger charge is -2.60. The number of ether oxygens (including phenoxy) is 1. The fraction of sp³-hybridized carbons (Fsp3) is 0.828. The van der Waals surface area contributed by atoms with Gasteiger partial charge in [0.05, 0.1) is 0 Å². The van der Waals surface area contributed by atoms with E-state index in [4.69, 9.17) is 4.74 Å². The molecular weight excluding hydrogens is 412 g/mol. The minimum atomic E-state index is -1.01. The van der Waals surface area contributed by atoms with Gasteiger partial charge in [-0.05, 0) is 80.6 Å². The average Bonchev–Trinajstić information content (AvgIpc) is 2.98. The quantitative estimate of drug-likeness (QED) is 0.340. The molecule has 0 radical (unpaired) electrons. The van der Waals surface area contributed by atoms with E-state index in [0.29, 0.717) is 36.5 Å². The van der Waals surface area contributed by atoms with Crippen LogP contribution >= 0.6 is 0 Å². The molecule has 0 bridgehead atoms. The summed E-state index contributed by atoms with van der Waals surface area (Å²) in [6.07, 6.45) is 10.8. The van der Waals surface area contributed by atoms with Crippen LogP contribution in [0.2, 0.25) is 0 Å². The van der Waals surface area contributed by atoms with E-state index in [1.807, 2.05) is 6.08 Å². The van der Waals surface area contributed by atoms with E-state index < -0.39 is 5.60 Å². The maximum Gasteiger partial charge on any atom is 0.306 e. The summed E-state index contributed by atoms with van der Waals surface area (Å²) in [5.41, 5.74) is 0.130. The first-order valence-electron chi connectivity index (χ1n) is 13.5. The molecule has 4 nitrogen and oxygen atoms in total. The highest BCUT2D eigenvalue weighted by Crippen LogP contribution is 2.70. The van der Waals surface area contributed by atoms with Crippen molar-refractivity contribution in [3.05, 3.63) is 11.6 Å². The normalized spacial score (nSPS) is 44.4. The Balaban J connectivity index is 1.67. The molecule has 0 spiro atoms. The smallest absolute Gasteiger partial charge is 0.306 e. The van der Waals surface area contributed by atoms with Gasteiger partial charge in [-0.3, -0.25) is 14.4 Å². The van der Waals surface area contributed by atoms with Crippen LogP contribution in [-0.2, 0) is 19.1 Å². The number of esters is 1. The van der Waals surface area contributed by atoms with E-state index in [1.54, 1.807) is 6.92 Å². The van der Waals surface area contributed by atoms with Gasteiger partial charge in [-0.25, -0.2) is 0 Å². The van der Waals surface area contributed by atoms with Gasteiger partial charge in [-0.2, -0.15) is 0 Å². The molecule has 3 saturated carbocycles. The molecule has 2 unspecified atom stereocenters. The van der Waals surface area contributed by atoms with Crippen LogP contribution < -0.4 is 0 Å². The van der Waals surface area contributed by atoms with Crippen LogP contribution in [0.5, 0.6) is 0 Å². The van der Waals surface area contributed by atoms with Gasteiger partial charge < -0.3 is 4.74 Å². The number of fused-ring (bicyclic) bond motifs is 5. The monoisotopic (exact) mass is 456 g/mol. The number of hydrogen-bond acceptors (Lipinski definition) is 4. The Morgan fingerprint density at radius 1 is 1.09 bits per heavy atom. The standard InChI is InChI=1S/C29H44O4/c1-7-8-9-10-26(32)33-29(20(4)30)19(3)16-25-22-15-18(2)24-17-21(31)11-13-27(24,5)23(22)12-14-28(25,29)6/h17-19,22-23,25H,7-16H2,1-6H3/t18?,19?,22-,23+,25+,27-,28+,29+/m1/s1. The number of unbranched alkanes of at least 4 members (excludes halogenated alkanes) is 2. The Morgan fingerprint density at radius 3 is 2.48 bits per heavy atom. The van der Waals surface area contributed by atoms with Crippen molar-refractivity contribution in [3.63, 3.8) is 0 Å². The summed E-state index contributed by atoms with van der Waals surface area (Å²) in [6, 6.07) is 0. The van der Waals surface area contributed by atoms with E-state index in [1.165, 1.54) is 5.57 Å². The van der Waals surface area contributed by atoms with E-state index in [0.717, 1.165) is 51.4 Å². The van der Waals surface area contributed by atoms with Gasteiger partial charge >= 0.3 is 5.97 Å². The van der Waals surface area contributed by atoms with Crippen molar-refractivity contribution in [2.75, 3.05) is 0 Å². The zero-order valence-corrected chi connectivity index (χ0v) is 21.7. The summed E-state index contributed by atoms with van der Waals surface area (Å²) < 4.78 is 6.30. The van der Waals surface area contributed by atoms with Crippen molar-refractivity contribution in [3.8, 4) is 0 Å². The van der Waals surface area contributed by atoms with Crippen LogP contribution in [-0.4, -0.2) is 23.1 Å². The Morgan fingerprint density at radius 2 is 1.82 bits per heavy atom. The molecular formula is C29H44O4. The number of allylic oxidation sites excluding steroid dienone is 1. The van der Waals surface area contributed by atoms with E-state index in [9.17, 15) is 14.4 Å². The van der Waals surface area contributed by atoms with Gasteiger partial charge in [0, 0.05) is 24.2 Å². The third-order valence-corrected chi connectivity index (χ3v) is 10.6. The molecule has 0 saturated heterocycles. The fourth-order valence-electron chi connectivity index (χ4n) is 9.10. The number of rotatable bonds is 6. The molecule has 0 aromatic heterocycles. The zero-order chi connectivity index (χ0) is 24.2. The Hall–Kier alpha value is -1.45. The summed E-state index contributed by atoms with van der Waals surface area (Å²) in [4.78, 5) is 38.5. The molecule has 8 atom stereocenters. The lowest BCUT2D eigenvalue weighted by atomic mass is 9.44. The Kier molecular flexibility index (Phi) is 6.46. The SMILES string of the molecule is CCCCCC(=O)O[C@]1(C(C)=O)C(C)C[C@H]2[C@@H]3CC(C)C4=CC(=O)CC[C@]4(C)[C@H]3CC[C@@]21C. The van der Waals surface area contributed by atoms with Crippen LogP contribution in [0, 0.1) is 40.4 Å². The van der Waals surface area contributed by atoms with Gasteiger partial charge in [0.2, 0.25) is 0 Å². The van der Waals surface area contributed by atoms with Crippen molar-refractivity contribution in [2.24, 2.45) is 40.4 Å². The van der Waals surface area contributed by atoms with E-state index >= 15 is 0 Å². The average molecular weight is 457 g/mol. The van der Waals surface area contributed by atoms with Crippen LogP contribution in [0.4, 0.5) is 0 Å². The predicted molar refractivity (Wildman–Crippen MR) is 129 cm³/mol. The van der Waals surface area contributed by atoms with Crippen molar-refractivity contribution in [1.29, 1.82) is 0 Å². The van der Waals surface area contributed by atoms with Gasteiger partial charge in [0.15, 0.2) is 17.2 Å². The maximum atomic E-state index is 13.3. The second kappa shape index (κ2) is 8.64. The Labute approximate surface area is 200 Å². The molecule has 0 aromatic carbocycles. The molecule has 0 amide bonds. The molecule has 0 aromatic rings.